The molecule has 1 aliphatic rings. The van der Waals surface area contributed by atoms with Gasteiger partial charge in [-0.25, -0.2) is 4.79 Å². The molecule has 1 unspecified atom stereocenters. The van der Waals surface area contributed by atoms with Crippen LogP contribution in [0.1, 0.15) is 34.1 Å². The number of hydrogen-bond donors (Lipinski definition) is 1. The normalized spacial score (nSPS) is 19.8. The van der Waals surface area contributed by atoms with Crippen molar-refractivity contribution in [3.63, 3.8) is 0 Å². The highest BCUT2D eigenvalue weighted by Crippen LogP contribution is 2.18. The van der Waals surface area contributed by atoms with E-state index in [9.17, 15) is 9.59 Å². The Kier molecular flexibility index (Phi) is 6.82. The smallest absolute Gasteiger partial charge is 0.329 e. The summed E-state index contributed by atoms with van der Waals surface area (Å²) in [4.78, 5) is 25.9. The maximum Gasteiger partial charge on any atom is 0.329 e. The van der Waals surface area contributed by atoms with E-state index in [1.165, 1.54) is 0 Å². The van der Waals surface area contributed by atoms with Gasteiger partial charge in [0.05, 0.1) is 6.61 Å². The molecule has 6 heteroatoms. The molecular weight excluding hydrogens is 276 g/mol. The van der Waals surface area contributed by atoms with Crippen molar-refractivity contribution in [2.45, 2.75) is 45.7 Å². The molecule has 0 aromatic heterocycles. The van der Waals surface area contributed by atoms with Crippen molar-refractivity contribution in [3.8, 4) is 0 Å². The average Bonchev–Trinajstić information content (AvgIpc) is 2.37. The van der Waals surface area contributed by atoms with Crippen LogP contribution in [0.2, 0.25) is 0 Å². The van der Waals surface area contributed by atoms with E-state index in [0.717, 1.165) is 5.75 Å². The molecule has 1 N–H and O–H groups in total. The van der Waals surface area contributed by atoms with Gasteiger partial charge >= 0.3 is 5.97 Å². The highest BCUT2D eigenvalue weighted by atomic mass is 32.2. The minimum Gasteiger partial charge on any atom is -0.464 e. The fourth-order valence-electron chi connectivity index (χ4n) is 2.02. The molecule has 20 heavy (non-hydrogen) atoms. The SMILES string of the molecule is CCOC(=O)C1CSCCN1C(=O)CCNC(C)(C)C. The summed E-state index contributed by atoms with van der Waals surface area (Å²) in [6.45, 7) is 9.59. The zero-order chi connectivity index (χ0) is 15.2. The summed E-state index contributed by atoms with van der Waals surface area (Å²) in [5, 5.41) is 3.29. The van der Waals surface area contributed by atoms with E-state index in [2.05, 4.69) is 26.1 Å². The second-order valence-electron chi connectivity index (χ2n) is 5.86. The Morgan fingerprint density at radius 1 is 1.40 bits per heavy atom. The lowest BCUT2D eigenvalue weighted by Gasteiger charge is -2.34. The van der Waals surface area contributed by atoms with Crippen molar-refractivity contribution in [3.05, 3.63) is 0 Å². The van der Waals surface area contributed by atoms with Gasteiger partial charge in [-0.3, -0.25) is 4.79 Å². The highest BCUT2D eigenvalue weighted by Gasteiger charge is 2.33. The summed E-state index contributed by atoms with van der Waals surface area (Å²) in [5.41, 5.74) is -0.00142. The number of carbonyl (C=O) groups excluding carboxylic acids is 2. The van der Waals surface area contributed by atoms with Crippen molar-refractivity contribution in [2.75, 3.05) is 31.2 Å². The fourth-order valence-corrected chi connectivity index (χ4v) is 3.06. The van der Waals surface area contributed by atoms with E-state index in [-0.39, 0.29) is 17.4 Å². The van der Waals surface area contributed by atoms with Gasteiger partial charge in [-0.15, -0.1) is 0 Å². The third-order valence-electron chi connectivity index (χ3n) is 3.00. The Balaban J connectivity index is 2.52. The van der Waals surface area contributed by atoms with Crippen LogP contribution in [-0.4, -0.2) is 59.6 Å². The van der Waals surface area contributed by atoms with Crippen molar-refractivity contribution >= 4 is 23.6 Å². The van der Waals surface area contributed by atoms with Crippen molar-refractivity contribution < 1.29 is 14.3 Å². The van der Waals surface area contributed by atoms with E-state index < -0.39 is 6.04 Å². The quantitative estimate of drug-likeness (QED) is 0.775. The summed E-state index contributed by atoms with van der Waals surface area (Å²) >= 11 is 1.70. The maximum absolute atomic E-state index is 12.3. The molecule has 0 aliphatic carbocycles. The number of nitrogens with one attached hydrogen (secondary N) is 1. The van der Waals surface area contributed by atoms with Crippen LogP contribution in [0.3, 0.4) is 0 Å². The fraction of sp³-hybridized carbons (Fsp3) is 0.857. The Labute approximate surface area is 125 Å². The molecule has 0 bridgehead atoms. The lowest BCUT2D eigenvalue weighted by atomic mass is 10.1. The molecule has 5 nitrogen and oxygen atoms in total. The van der Waals surface area contributed by atoms with E-state index in [1.54, 1.807) is 23.6 Å². The number of nitrogens with zero attached hydrogens (tertiary/aromatic N) is 1. The van der Waals surface area contributed by atoms with Gasteiger partial charge in [0.25, 0.3) is 0 Å². The summed E-state index contributed by atoms with van der Waals surface area (Å²) in [6.07, 6.45) is 0.415. The Bertz CT molecular complexity index is 342. The number of amides is 1. The van der Waals surface area contributed by atoms with Crippen LogP contribution in [0.4, 0.5) is 0 Å². The van der Waals surface area contributed by atoms with Gasteiger partial charge in [0.2, 0.25) is 5.91 Å². The van der Waals surface area contributed by atoms with E-state index >= 15 is 0 Å². The van der Waals surface area contributed by atoms with Gasteiger partial charge < -0.3 is 15.0 Å². The molecule has 1 aliphatic heterocycles. The van der Waals surface area contributed by atoms with Crippen molar-refractivity contribution in [1.29, 1.82) is 0 Å². The minimum atomic E-state index is -0.421. The number of ether oxygens (including phenoxy) is 1. The van der Waals surface area contributed by atoms with Gasteiger partial charge in [0.1, 0.15) is 6.04 Å². The third kappa shape index (κ3) is 5.71. The van der Waals surface area contributed by atoms with Crippen LogP contribution in [0.5, 0.6) is 0 Å². The van der Waals surface area contributed by atoms with E-state index in [4.69, 9.17) is 4.74 Å². The van der Waals surface area contributed by atoms with Crippen LogP contribution >= 0.6 is 11.8 Å². The molecule has 1 rings (SSSR count). The minimum absolute atomic E-state index is 0.00142. The molecule has 0 saturated carbocycles. The number of carbonyl (C=O) groups is 2. The summed E-state index contributed by atoms with van der Waals surface area (Å²) in [7, 11) is 0. The number of rotatable bonds is 5. The Morgan fingerprint density at radius 2 is 2.10 bits per heavy atom. The summed E-state index contributed by atoms with van der Waals surface area (Å²) in [5.74, 6) is 1.27. The van der Waals surface area contributed by atoms with E-state index in [0.29, 0.717) is 31.9 Å². The second-order valence-corrected chi connectivity index (χ2v) is 7.01. The first-order chi connectivity index (χ1) is 9.35. The average molecular weight is 302 g/mol. The molecule has 1 saturated heterocycles. The Morgan fingerprint density at radius 3 is 2.70 bits per heavy atom. The molecule has 1 heterocycles. The van der Waals surface area contributed by atoms with Crippen LogP contribution in [0.25, 0.3) is 0 Å². The molecule has 0 radical (unpaired) electrons. The monoisotopic (exact) mass is 302 g/mol. The van der Waals surface area contributed by atoms with Gasteiger partial charge in [0, 0.05) is 36.6 Å². The van der Waals surface area contributed by atoms with Crippen LogP contribution in [0, 0.1) is 0 Å². The summed E-state index contributed by atoms with van der Waals surface area (Å²) in [6, 6.07) is -0.421. The molecule has 0 aromatic rings. The van der Waals surface area contributed by atoms with E-state index in [1.807, 2.05) is 0 Å². The lowest BCUT2D eigenvalue weighted by Crippen LogP contribution is -2.51. The van der Waals surface area contributed by atoms with Crippen LogP contribution in [0.15, 0.2) is 0 Å². The predicted molar refractivity (Wildman–Crippen MR) is 81.8 cm³/mol. The largest absolute Gasteiger partial charge is 0.464 e. The molecule has 1 fully saturated rings. The van der Waals surface area contributed by atoms with Crippen LogP contribution < -0.4 is 5.32 Å². The number of hydrogen-bond acceptors (Lipinski definition) is 5. The molecule has 1 atom stereocenters. The first-order valence-corrected chi connectivity index (χ1v) is 8.29. The molecule has 116 valence electrons. The number of esters is 1. The highest BCUT2D eigenvalue weighted by molar-refractivity contribution is 7.99. The first kappa shape index (κ1) is 17.3. The van der Waals surface area contributed by atoms with Crippen LogP contribution in [-0.2, 0) is 14.3 Å². The molecule has 0 spiro atoms. The zero-order valence-electron chi connectivity index (χ0n) is 12.9. The van der Waals surface area contributed by atoms with Crippen molar-refractivity contribution in [2.24, 2.45) is 0 Å². The maximum atomic E-state index is 12.3. The molecule has 0 aromatic carbocycles. The predicted octanol–water partition coefficient (Wildman–Crippen LogP) is 1.27. The van der Waals surface area contributed by atoms with Gasteiger partial charge in [-0.2, -0.15) is 11.8 Å². The third-order valence-corrected chi connectivity index (χ3v) is 4.02. The summed E-state index contributed by atoms with van der Waals surface area (Å²) < 4.78 is 5.06. The lowest BCUT2D eigenvalue weighted by molar-refractivity contribution is -0.153. The van der Waals surface area contributed by atoms with Gasteiger partial charge in [0.15, 0.2) is 0 Å². The van der Waals surface area contributed by atoms with Crippen molar-refractivity contribution in [1.82, 2.24) is 10.2 Å². The zero-order valence-corrected chi connectivity index (χ0v) is 13.7. The molecular formula is C14H26N2O3S. The second kappa shape index (κ2) is 7.88. The topological polar surface area (TPSA) is 58.6 Å². The van der Waals surface area contributed by atoms with Gasteiger partial charge in [-0.05, 0) is 27.7 Å². The standard InChI is InChI=1S/C14H26N2O3S/c1-5-19-13(18)11-10-20-9-8-16(11)12(17)6-7-15-14(2,3)4/h11,15H,5-10H2,1-4H3. The van der Waals surface area contributed by atoms with Gasteiger partial charge in [-0.1, -0.05) is 0 Å². The molecule has 1 amide bonds. The number of thioether (sulfide) groups is 1. The first-order valence-electron chi connectivity index (χ1n) is 7.14. The Hall–Kier alpha value is -0.750.